The van der Waals surface area contributed by atoms with E-state index >= 15 is 0 Å². The largest absolute Gasteiger partial charge is 0.480 e. The molecule has 1 heterocycles. The van der Waals surface area contributed by atoms with Gasteiger partial charge in [0.2, 0.25) is 0 Å². The molecule has 23 heavy (non-hydrogen) atoms. The van der Waals surface area contributed by atoms with Crippen molar-refractivity contribution in [3.05, 3.63) is 66.2 Å². The predicted octanol–water partition coefficient (Wildman–Crippen LogP) is 4.02. The maximum absolute atomic E-state index is 11.5. The summed E-state index contributed by atoms with van der Waals surface area (Å²) in [6.07, 6.45) is 4.98. The van der Waals surface area contributed by atoms with Crippen molar-refractivity contribution in [2.45, 2.75) is 18.4 Å². The van der Waals surface area contributed by atoms with Gasteiger partial charge in [-0.2, -0.15) is 0 Å². The topological polar surface area (TPSA) is 58.6 Å². The molecule has 0 aromatic heterocycles. The van der Waals surface area contributed by atoms with E-state index in [2.05, 4.69) is 17.5 Å². The minimum Gasteiger partial charge on any atom is -0.480 e. The highest BCUT2D eigenvalue weighted by atomic mass is 16.5. The average Bonchev–Trinajstić information content (AvgIpc) is 3.05. The monoisotopic (exact) mass is 307 g/mol. The van der Waals surface area contributed by atoms with Crippen molar-refractivity contribution in [1.29, 1.82) is 0 Å². The molecule has 0 spiro atoms. The van der Waals surface area contributed by atoms with Crippen LogP contribution < -0.4 is 10.1 Å². The van der Waals surface area contributed by atoms with Crippen molar-refractivity contribution in [3.63, 3.8) is 0 Å². The van der Waals surface area contributed by atoms with Crippen LogP contribution in [-0.2, 0) is 4.79 Å². The number of para-hydroxylation sites is 1. The van der Waals surface area contributed by atoms with Gasteiger partial charge < -0.3 is 15.2 Å². The smallest absolute Gasteiger partial charge is 0.326 e. The van der Waals surface area contributed by atoms with Crippen LogP contribution in [-0.4, -0.2) is 17.1 Å². The summed E-state index contributed by atoms with van der Waals surface area (Å²) < 4.78 is 5.90. The number of fused-ring (bicyclic) bond motifs is 3. The number of carboxylic acid groups (broad SMARTS) is 1. The van der Waals surface area contributed by atoms with Gasteiger partial charge in [0.15, 0.2) is 0 Å². The molecular weight excluding hydrogens is 290 g/mol. The first-order chi connectivity index (χ1) is 11.2. The normalized spacial score (nSPS) is 24.4. The van der Waals surface area contributed by atoms with Crippen LogP contribution in [0.2, 0.25) is 0 Å². The Kier molecular flexibility index (Phi) is 3.30. The summed E-state index contributed by atoms with van der Waals surface area (Å²) >= 11 is 0. The van der Waals surface area contributed by atoms with Gasteiger partial charge in [-0.25, -0.2) is 4.79 Å². The Labute approximate surface area is 134 Å². The zero-order valence-electron chi connectivity index (χ0n) is 12.5. The first-order valence-electron chi connectivity index (χ1n) is 7.75. The molecule has 0 fully saturated rings. The summed E-state index contributed by atoms with van der Waals surface area (Å²) in [6, 6.07) is 14.9. The van der Waals surface area contributed by atoms with Crippen LogP contribution in [0.1, 0.15) is 17.9 Å². The highest BCUT2D eigenvalue weighted by Gasteiger charge is 2.40. The maximum atomic E-state index is 11.5. The highest BCUT2D eigenvalue weighted by Crippen LogP contribution is 2.45. The lowest BCUT2D eigenvalue weighted by Gasteiger charge is -2.34. The molecule has 4 heteroatoms. The molecule has 0 unspecified atom stereocenters. The minimum absolute atomic E-state index is 0.0620. The summed E-state index contributed by atoms with van der Waals surface area (Å²) in [4.78, 5) is 11.5. The Morgan fingerprint density at radius 3 is 2.74 bits per heavy atom. The van der Waals surface area contributed by atoms with Gasteiger partial charge in [0, 0.05) is 17.5 Å². The number of hydrogen-bond donors (Lipinski definition) is 2. The molecule has 1 aliphatic carbocycles. The van der Waals surface area contributed by atoms with Gasteiger partial charge in [-0.1, -0.05) is 30.4 Å². The van der Waals surface area contributed by atoms with E-state index in [0.29, 0.717) is 0 Å². The first kappa shape index (κ1) is 13.9. The third-order valence-corrected chi connectivity index (χ3v) is 4.58. The molecule has 0 amide bonds. The molecule has 2 aromatic rings. The van der Waals surface area contributed by atoms with Crippen LogP contribution in [0.5, 0.6) is 11.5 Å². The van der Waals surface area contributed by atoms with Crippen molar-refractivity contribution >= 4 is 11.7 Å². The second kappa shape index (κ2) is 5.47. The van der Waals surface area contributed by atoms with E-state index in [9.17, 15) is 9.90 Å². The van der Waals surface area contributed by atoms with Gasteiger partial charge in [0.25, 0.3) is 0 Å². The fourth-order valence-electron chi connectivity index (χ4n) is 3.50. The molecule has 0 radical (unpaired) electrons. The Bertz CT molecular complexity index is 769. The van der Waals surface area contributed by atoms with E-state index in [4.69, 9.17) is 4.74 Å². The van der Waals surface area contributed by atoms with Crippen LogP contribution >= 0.6 is 0 Å². The lowest BCUT2D eigenvalue weighted by Crippen LogP contribution is -2.41. The van der Waals surface area contributed by atoms with Gasteiger partial charge in [-0.15, -0.1) is 0 Å². The van der Waals surface area contributed by atoms with Crippen LogP contribution in [0.3, 0.4) is 0 Å². The number of benzene rings is 2. The fourth-order valence-corrected chi connectivity index (χ4v) is 3.50. The van der Waals surface area contributed by atoms with Crippen molar-refractivity contribution < 1.29 is 14.6 Å². The van der Waals surface area contributed by atoms with Gasteiger partial charge in [-0.3, -0.25) is 0 Å². The van der Waals surface area contributed by atoms with Gasteiger partial charge in [0.05, 0.1) is 0 Å². The number of hydrogen-bond acceptors (Lipinski definition) is 3. The summed E-state index contributed by atoms with van der Waals surface area (Å²) in [5.41, 5.74) is 1.99. The number of nitrogens with one attached hydrogen (secondary N) is 1. The Balaban J connectivity index is 1.68. The van der Waals surface area contributed by atoms with Crippen molar-refractivity contribution in [2.24, 2.45) is 5.92 Å². The SMILES string of the molecule is O=C(O)[C@@H]1Nc2ccc(Oc3ccccc3)cc2[C@H]2C=CC[C@@H]21. The van der Waals surface area contributed by atoms with Crippen LogP contribution in [0.4, 0.5) is 5.69 Å². The molecular formula is C19H17NO3. The maximum Gasteiger partial charge on any atom is 0.326 e. The number of allylic oxidation sites excluding steroid dienone is 2. The third-order valence-electron chi connectivity index (χ3n) is 4.58. The van der Waals surface area contributed by atoms with Crippen molar-refractivity contribution in [3.8, 4) is 11.5 Å². The van der Waals surface area contributed by atoms with Gasteiger partial charge >= 0.3 is 5.97 Å². The van der Waals surface area contributed by atoms with E-state index in [0.717, 1.165) is 29.2 Å². The Hall–Kier alpha value is -2.75. The van der Waals surface area contributed by atoms with E-state index in [1.807, 2.05) is 48.5 Å². The van der Waals surface area contributed by atoms with Crippen LogP contribution in [0.15, 0.2) is 60.7 Å². The highest BCUT2D eigenvalue weighted by molar-refractivity contribution is 5.80. The zero-order chi connectivity index (χ0) is 15.8. The van der Waals surface area contributed by atoms with E-state index in [1.165, 1.54) is 0 Å². The zero-order valence-corrected chi connectivity index (χ0v) is 12.5. The molecule has 1 aliphatic heterocycles. The second-order valence-electron chi connectivity index (χ2n) is 5.98. The van der Waals surface area contributed by atoms with Crippen molar-refractivity contribution in [1.82, 2.24) is 0 Å². The number of ether oxygens (including phenoxy) is 1. The number of carbonyl (C=O) groups is 1. The average molecular weight is 307 g/mol. The Morgan fingerprint density at radius 1 is 1.13 bits per heavy atom. The molecule has 0 saturated heterocycles. The minimum atomic E-state index is -0.793. The molecule has 3 atom stereocenters. The fraction of sp³-hybridized carbons (Fsp3) is 0.211. The summed E-state index contributed by atoms with van der Waals surface area (Å²) in [5.74, 6) is 0.959. The van der Waals surface area contributed by atoms with E-state index in [-0.39, 0.29) is 11.8 Å². The Morgan fingerprint density at radius 2 is 1.96 bits per heavy atom. The summed E-state index contributed by atoms with van der Waals surface area (Å²) in [6.45, 7) is 0. The van der Waals surface area contributed by atoms with Crippen LogP contribution in [0.25, 0.3) is 0 Å². The predicted molar refractivity (Wildman–Crippen MR) is 88.0 cm³/mol. The summed E-state index contributed by atoms with van der Waals surface area (Å²) in [5, 5.41) is 12.6. The van der Waals surface area contributed by atoms with E-state index in [1.54, 1.807) is 0 Å². The molecule has 2 aliphatic rings. The van der Waals surface area contributed by atoms with E-state index < -0.39 is 12.0 Å². The van der Waals surface area contributed by atoms with Gasteiger partial charge in [-0.05, 0) is 42.3 Å². The third kappa shape index (κ3) is 2.46. The number of aliphatic carboxylic acids is 1. The van der Waals surface area contributed by atoms with Crippen molar-refractivity contribution in [2.75, 3.05) is 5.32 Å². The molecule has 4 nitrogen and oxygen atoms in total. The first-order valence-corrected chi connectivity index (χ1v) is 7.75. The second-order valence-corrected chi connectivity index (χ2v) is 5.98. The number of carboxylic acids is 1. The molecule has 4 rings (SSSR count). The summed E-state index contributed by atoms with van der Waals surface area (Å²) in [7, 11) is 0. The number of rotatable bonds is 3. The molecule has 0 bridgehead atoms. The molecule has 116 valence electrons. The standard InChI is InChI=1S/C19H17NO3/c21-19(22)18-15-8-4-7-14(15)16-11-13(9-10-17(16)20-18)23-12-5-2-1-3-6-12/h1-7,9-11,14-15,18,20H,8H2,(H,21,22)/t14-,15-,18+/m0/s1. The van der Waals surface area contributed by atoms with Gasteiger partial charge in [0.1, 0.15) is 17.5 Å². The molecule has 2 aromatic carbocycles. The lowest BCUT2D eigenvalue weighted by molar-refractivity contribution is -0.139. The molecule has 2 N–H and O–H groups in total. The molecule has 0 saturated carbocycles. The van der Waals surface area contributed by atoms with Crippen LogP contribution in [0, 0.1) is 5.92 Å². The lowest BCUT2D eigenvalue weighted by atomic mass is 9.79. The number of anilines is 1. The quantitative estimate of drug-likeness (QED) is 0.841.